The molecule has 7 nitrogen and oxygen atoms in total. The molecule has 0 amide bonds. The van der Waals surface area contributed by atoms with Crippen LogP contribution >= 0.6 is 0 Å². The third-order valence-corrected chi connectivity index (χ3v) is 3.77. The lowest BCUT2D eigenvalue weighted by atomic mass is 9.99. The molecule has 0 aliphatic carbocycles. The Morgan fingerprint density at radius 1 is 1.21 bits per heavy atom. The average molecular weight is 398 g/mol. The summed E-state index contributed by atoms with van der Waals surface area (Å²) in [6.07, 6.45) is -4.69. The Hall–Kier alpha value is -3.22. The number of benzene rings is 1. The number of fused-ring (bicyclic) bond motifs is 1. The predicted octanol–water partition coefficient (Wildman–Crippen LogP) is 3.37. The monoisotopic (exact) mass is 398 g/mol. The standard InChI is InChI=1S/C18H17F3N2O5/c1-17(2,3)28-16(25)13(15(24)27-4)14-11(8-22)10-7-9(18(19,20)21)5-6-12(10)23(14)26/h5-7,13,26H,1-4H3. The van der Waals surface area contributed by atoms with Crippen LogP contribution in [0.5, 0.6) is 0 Å². The van der Waals surface area contributed by atoms with Crippen LogP contribution in [0, 0.1) is 11.3 Å². The summed E-state index contributed by atoms with van der Waals surface area (Å²) in [5.74, 6) is -4.13. The van der Waals surface area contributed by atoms with Gasteiger partial charge < -0.3 is 14.7 Å². The van der Waals surface area contributed by atoms with Crippen LogP contribution in [0.2, 0.25) is 0 Å². The molecule has 0 saturated carbocycles. The molecular weight excluding hydrogens is 381 g/mol. The summed E-state index contributed by atoms with van der Waals surface area (Å²) in [7, 11) is 0.984. The minimum atomic E-state index is -4.69. The summed E-state index contributed by atoms with van der Waals surface area (Å²) < 4.78 is 49.1. The van der Waals surface area contributed by atoms with Crippen LogP contribution in [0.15, 0.2) is 18.2 Å². The highest BCUT2D eigenvalue weighted by Gasteiger charge is 2.40. The van der Waals surface area contributed by atoms with Gasteiger partial charge in [-0.25, -0.2) is 0 Å². The molecule has 0 spiro atoms. The van der Waals surface area contributed by atoms with Gasteiger partial charge in [-0.2, -0.15) is 23.2 Å². The van der Waals surface area contributed by atoms with Gasteiger partial charge in [0.15, 0.2) is 5.92 Å². The van der Waals surface area contributed by atoms with E-state index in [0.717, 1.165) is 13.2 Å². The van der Waals surface area contributed by atoms with Gasteiger partial charge in [-0.1, -0.05) is 0 Å². The number of carbonyl (C=O) groups excluding carboxylic acids is 2. The topological polar surface area (TPSA) is 102 Å². The van der Waals surface area contributed by atoms with Crippen LogP contribution in [0.25, 0.3) is 10.9 Å². The van der Waals surface area contributed by atoms with Crippen LogP contribution in [0.1, 0.15) is 43.5 Å². The van der Waals surface area contributed by atoms with E-state index in [2.05, 4.69) is 4.74 Å². The Morgan fingerprint density at radius 3 is 2.29 bits per heavy atom. The van der Waals surface area contributed by atoms with Crippen molar-refractivity contribution in [1.82, 2.24) is 4.73 Å². The highest BCUT2D eigenvalue weighted by Crippen LogP contribution is 2.36. The molecule has 2 aromatic rings. The van der Waals surface area contributed by atoms with Gasteiger partial charge in [-0.3, -0.25) is 9.59 Å². The number of nitrogens with zero attached hydrogens (tertiary/aromatic N) is 2. The third-order valence-electron chi connectivity index (χ3n) is 3.77. The zero-order chi connectivity index (χ0) is 21.4. The average Bonchev–Trinajstić information content (AvgIpc) is 2.84. The van der Waals surface area contributed by atoms with Gasteiger partial charge in [0.05, 0.1) is 23.8 Å². The summed E-state index contributed by atoms with van der Waals surface area (Å²) in [5, 5.41) is 19.6. The predicted molar refractivity (Wildman–Crippen MR) is 89.4 cm³/mol. The van der Waals surface area contributed by atoms with Gasteiger partial charge >= 0.3 is 18.1 Å². The van der Waals surface area contributed by atoms with Gasteiger partial charge in [0.25, 0.3) is 0 Å². The van der Waals surface area contributed by atoms with Crippen molar-refractivity contribution in [3.63, 3.8) is 0 Å². The van der Waals surface area contributed by atoms with Crippen LogP contribution < -0.4 is 0 Å². The van der Waals surface area contributed by atoms with E-state index in [9.17, 15) is 33.2 Å². The normalized spacial score (nSPS) is 13.1. The number of rotatable bonds is 3. The lowest BCUT2D eigenvalue weighted by Crippen LogP contribution is -2.33. The molecule has 2 rings (SSSR count). The molecule has 28 heavy (non-hydrogen) atoms. The quantitative estimate of drug-likeness (QED) is 0.483. The number of aromatic nitrogens is 1. The van der Waals surface area contributed by atoms with E-state index < -0.39 is 46.5 Å². The van der Waals surface area contributed by atoms with Crippen LogP contribution in [0.4, 0.5) is 13.2 Å². The van der Waals surface area contributed by atoms with Gasteiger partial charge in [0.2, 0.25) is 0 Å². The SMILES string of the molecule is COC(=O)C(C(=O)OC(C)(C)C)c1c(C#N)c2cc(C(F)(F)F)ccc2n1O. The maximum Gasteiger partial charge on any atom is 0.416 e. The minimum absolute atomic E-state index is 0.183. The molecule has 0 aliphatic rings. The number of hydrogen-bond donors (Lipinski definition) is 1. The second kappa shape index (κ2) is 7.07. The summed E-state index contributed by atoms with van der Waals surface area (Å²) >= 11 is 0. The number of nitriles is 1. The van der Waals surface area contributed by atoms with Gasteiger partial charge in [-0.05, 0) is 39.0 Å². The fourth-order valence-electron chi connectivity index (χ4n) is 2.65. The zero-order valence-corrected chi connectivity index (χ0v) is 15.4. The van der Waals surface area contributed by atoms with E-state index >= 15 is 0 Å². The molecule has 0 bridgehead atoms. The zero-order valence-electron chi connectivity index (χ0n) is 15.4. The lowest BCUT2D eigenvalue weighted by Gasteiger charge is -2.23. The van der Waals surface area contributed by atoms with Crippen LogP contribution in [0.3, 0.4) is 0 Å². The molecule has 0 fully saturated rings. The summed E-state index contributed by atoms with van der Waals surface area (Å²) in [4.78, 5) is 24.8. The van der Waals surface area contributed by atoms with Crippen molar-refractivity contribution in [2.24, 2.45) is 0 Å². The van der Waals surface area contributed by atoms with Gasteiger partial charge in [-0.15, -0.1) is 0 Å². The summed E-state index contributed by atoms with van der Waals surface area (Å²) in [6.45, 7) is 4.61. The van der Waals surface area contributed by atoms with Crippen molar-refractivity contribution < 1.29 is 37.4 Å². The maximum atomic E-state index is 13.0. The van der Waals surface area contributed by atoms with Crippen molar-refractivity contribution in [1.29, 1.82) is 5.26 Å². The molecule has 1 aromatic carbocycles. The van der Waals surface area contributed by atoms with Crippen molar-refractivity contribution in [2.75, 3.05) is 7.11 Å². The molecule has 0 aliphatic heterocycles. The van der Waals surface area contributed by atoms with E-state index in [-0.39, 0.29) is 10.9 Å². The molecule has 0 radical (unpaired) electrons. The van der Waals surface area contributed by atoms with E-state index in [0.29, 0.717) is 16.9 Å². The largest absolute Gasteiger partial charge is 0.468 e. The van der Waals surface area contributed by atoms with Gasteiger partial charge in [0.1, 0.15) is 17.4 Å². The Bertz CT molecular complexity index is 980. The molecule has 1 heterocycles. The maximum absolute atomic E-state index is 13.0. The minimum Gasteiger partial charge on any atom is -0.468 e. The molecule has 1 aromatic heterocycles. The van der Waals surface area contributed by atoms with Crippen LogP contribution in [-0.4, -0.2) is 34.6 Å². The second-order valence-corrected chi connectivity index (χ2v) is 6.90. The Labute approximate surface area is 157 Å². The summed E-state index contributed by atoms with van der Waals surface area (Å²) in [5.41, 5.74) is -3.24. The molecule has 0 saturated heterocycles. The lowest BCUT2D eigenvalue weighted by molar-refractivity contribution is -0.164. The second-order valence-electron chi connectivity index (χ2n) is 6.90. The fraction of sp³-hybridized carbons (Fsp3) is 0.389. The number of esters is 2. The fourth-order valence-corrected chi connectivity index (χ4v) is 2.65. The number of alkyl halides is 3. The Balaban J connectivity index is 2.78. The van der Waals surface area contributed by atoms with E-state index in [4.69, 9.17) is 4.74 Å². The highest BCUT2D eigenvalue weighted by molar-refractivity contribution is 6.03. The first kappa shape index (κ1) is 21.1. The number of ether oxygens (including phenoxy) is 2. The number of hydrogen-bond acceptors (Lipinski definition) is 6. The van der Waals surface area contributed by atoms with E-state index in [1.807, 2.05) is 0 Å². The first-order valence-corrected chi connectivity index (χ1v) is 7.97. The van der Waals surface area contributed by atoms with Gasteiger partial charge in [0, 0.05) is 5.39 Å². The Morgan fingerprint density at radius 2 is 1.82 bits per heavy atom. The number of methoxy groups -OCH3 is 1. The van der Waals surface area contributed by atoms with Crippen molar-refractivity contribution in [3.8, 4) is 6.07 Å². The summed E-state index contributed by atoms with van der Waals surface area (Å²) in [6, 6.07) is 3.96. The van der Waals surface area contributed by atoms with Crippen LogP contribution in [-0.2, 0) is 25.2 Å². The molecular formula is C18H17F3N2O5. The van der Waals surface area contributed by atoms with Crippen molar-refractivity contribution in [3.05, 3.63) is 35.0 Å². The molecule has 1 unspecified atom stereocenters. The highest BCUT2D eigenvalue weighted by atomic mass is 19.4. The molecule has 1 atom stereocenters. The van der Waals surface area contributed by atoms with E-state index in [1.165, 1.54) is 20.8 Å². The van der Waals surface area contributed by atoms with E-state index in [1.54, 1.807) is 6.07 Å². The molecule has 1 N–H and O–H groups in total. The smallest absolute Gasteiger partial charge is 0.416 e. The molecule has 10 heteroatoms. The first-order valence-electron chi connectivity index (χ1n) is 7.97. The third kappa shape index (κ3) is 3.88. The number of halogens is 3. The van der Waals surface area contributed by atoms with Crippen molar-refractivity contribution in [2.45, 2.75) is 38.5 Å². The Kier molecular flexibility index (Phi) is 5.32. The molecule has 150 valence electrons. The van der Waals surface area contributed by atoms with Crippen molar-refractivity contribution >= 4 is 22.8 Å². The first-order chi connectivity index (χ1) is 12.8. The number of carbonyl (C=O) groups is 2.